The van der Waals surface area contributed by atoms with Crippen molar-refractivity contribution in [2.75, 3.05) is 19.5 Å². The van der Waals surface area contributed by atoms with Crippen LogP contribution in [0.2, 0.25) is 0 Å². The number of hydrogen-bond acceptors (Lipinski definition) is 6. The molecule has 1 aromatic carbocycles. The molecule has 0 atom stereocenters. The van der Waals surface area contributed by atoms with Gasteiger partial charge >= 0.3 is 0 Å². The van der Waals surface area contributed by atoms with Crippen molar-refractivity contribution in [3.8, 4) is 11.5 Å². The molecule has 3 aromatic rings. The number of ether oxygens (including phenoxy) is 2. The molecule has 0 unspecified atom stereocenters. The number of thiophene rings is 1. The minimum Gasteiger partial charge on any atom is -0.497 e. The van der Waals surface area contributed by atoms with Crippen LogP contribution in [0.15, 0.2) is 23.6 Å². The molecule has 2 heterocycles. The van der Waals surface area contributed by atoms with Crippen LogP contribution >= 0.6 is 23.7 Å². The van der Waals surface area contributed by atoms with E-state index in [-0.39, 0.29) is 12.4 Å². The van der Waals surface area contributed by atoms with Gasteiger partial charge in [-0.3, -0.25) is 0 Å². The lowest BCUT2D eigenvalue weighted by molar-refractivity contribution is 0.405. The summed E-state index contributed by atoms with van der Waals surface area (Å²) in [6, 6.07) is 5.62. The minimum absolute atomic E-state index is 0. The highest BCUT2D eigenvalue weighted by Crippen LogP contribution is 2.35. The van der Waals surface area contributed by atoms with Crippen LogP contribution in [-0.4, -0.2) is 24.2 Å². The van der Waals surface area contributed by atoms with Gasteiger partial charge in [0.25, 0.3) is 0 Å². The zero-order valence-electron chi connectivity index (χ0n) is 13.3. The van der Waals surface area contributed by atoms with Crippen molar-refractivity contribution in [2.45, 2.75) is 13.8 Å². The van der Waals surface area contributed by atoms with Crippen molar-refractivity contribution in [1.82, 2.24) is 9.97 Å². The molecule has 0 fully saturated rings. The molecule has 2 aromatic heterocycles. The van der Waals surface area contributed by atoms with Gasteiger partial charge in [0.05, 0.1) is 25.3 Å². The summed E-state index contributed by atoms with van der Waals surface area (Å²) in [5, 5.41) is 6.49. The summed E-state index contributed by atoms with van der Waals surface area (Å²) in [5.41, 5.74) is 1.97. The predicted octanol–water partition coefficient (Wildman–Crippen LogP) is 4.49. The maximum absolute atomic E-state index is 5.41. The highest BCUT2D eigenvalue weighted by molar-refractivity contribution is 7.17. The SMILES string of the molecule is COc1ccc(OC)c(Nc2nc(C)nc3scc(C)c23)c1.Cl. The van der Waals surface area contributed by atoms with E-state index in [4.69, 9.17) is 9.47 Å². The van der Waals surface area contributed by atoms with E-state index in [1.54, 1.807) is 25.6 Å². The molecule has 0 amide bonds. The smallest absolute Gasteiger partial charge is 0.143 e. The molecule has 5 nitrogen and oxygen atoms in total. The maximum Gasteiger partial charge on any atom is 0.143 e. The molecule has 0 aliphatic rings. The van der Waals surface area contributed by atoms with Crippen LogP contribution in [0.5, 0.6) is 11.5 Å². The summed E-state index contributed by atoms with van der Waals surface area (Å²) in [5.74, 6) is 3.01. The lowest BCUT2D eigenvalue weighted by Gasteiger charge is -2.13. The van der Waals surface area contributed by atoms with E-state index >= 15 is 0 Å². The number of aromatic nitrogens is 2. The van der Waals surface area contributed by atoms with E-state index in [1.807, 2.05) is 25.1 Å². The van der Waals surface area contributed by atoms with Crippen molar-refractivity contribution in [2.24, 2.45) is 0 Å². The van der Waals surface area contributed by atoms with Crippen molar-refractivity contribution >= 4 is 45.5 Å². The lowest BCUT2D eigenvalue weighted by Crippen LogP contribution is -2.00. The first-order valence-corrected chi connectivity index (χ1v) is 7.72. The molecule has 0 aliphatic carbocycles. The number of anilines is 2. The van der Waals surface area contributed by atoms with Crippen molar-refractivity contribution in [3.05, 3.63) is 35.0 Å². The van der Waals surface area contributed by atoms with E-state index in [0.29, 0.717) is 0 Å². The Kier molecular flexibility index (Phi) is 5.28. The van der Waals surface area contributed by atoms with E-state index in [1.165, 1.54) is 0 Å². The Morgan fingerprint density at radius 1 is 1.09 bits per heavy atom. The Morgan fingerprint density at radius 2 is 1.87 bits per heavy atom. The molecular weight excluding hydrogens is 334 g/mol. The fraction of sp³-hybridized carbons (Fsp3) is 0.250. The van der Waals surface area contributed by atoms with Gasteiger partial charge in [0.1, 0.15) is 28.0 Å². The van der Waals surface area contributed by atoms with Gasteiger partial charge in [0.2, 0.25) is 0 Å². The zero-order valence-corrected chi connectivity index (χ0v) is 15.0. The maximum atomic E-state index is 5.41. The highest BCUT2D eigenvalue weighted by Gasteiger charge is 2.13. The molecule has 0 spiro atoms. The summed E-state index contributed by atoms with van der Waals surface area (Å²) in [6.45, 7) is 3.95. The highest BCUT2D eigenvalue weighted by atomic mass is 35.5. The molecular formula is C16H18ClN3O2S. The van der Waals surface area contributed by atoms with Gasteiger partial charge in [-0.2, -0.15) is 0 Å². The first-order valence-electron chi connectivity index (χ1n) is 6.84. The standard InChI is InChI=1S/C16H17N3O2S.ClH/c1-9-8-22-16-14(9)15(17-10(2)18-16)19-12-7-11(20-3)5-6-13(12)21-4;/h5-8H,1-4H3,(H,17,18,19);1H. The number of fused-ring (bicyclic) bond motifs is 1. The van der Waals surface area contributed by atoms with Crippen LogP contribution in [0.3, 0.4) is 0 Å². The van der Waals surface area contributed by atoms with Crippen LogP contribution in [-0.2, 0) is 0 Å². The summed E-state index contributed by atoms with van der Waals surface area (Å²) in [4.78, 5) is 10.0. The van der Waals surface area contributed by atoms with Gasteiger partial charge in [0.15, 0.2) is 0 Å². The number of halogens is 1. The second-order valence-corrected chi connectivity index (χ2v) is 5.77. The number of rotatable bonds is 4. The van der Waals surface area contributed by atoms with Crippen LogP contribution in [0.4, 0.5) is 11.5 Å². The van der Waals surface area contributed by atoms with E-state index < -0.39 is 0 Å². The van der Waals surface area contributed by atoms with E-state index in [9.17, 15) is 0 Å². The molecule has 0 radical (unpaired) electrons. The third-order valence-corrected chi connectivity index (χ3v) is 4.38. The van der Waals surface area contributed by atoms with Gasteiger partial charge < -0.3 is 14.8 Å². The van der Waals surface area contributed by atoms with Crippen LogP contribution in [0.25, 0.3) is 10.2 Å². The fourth-order valence-electron chi connectivity index (χ4n) is 2.32. The summed E-state index contributed by atoms with van der Waals surface area (Å²) in [7, 11) is 3.28. The van der Waals surface area contributed by atoms with Gasteiger partial charge in [-0.15, -0.1) is 23.7 Å². The Morgan fingerprint density at radius 3 is 2.57 bits per heavy atom. The molecule has 0 bridgehead atoms. The van der Waals surface area contributed by atoms with Gasteiger partial charge in [0, 0.05) is 6.07 Å². The Labute approximate surface area is 145 Å². The Hall–Kier alpha value is -2.05. The van der Waals surface area contributed by atoms with Gasteiger partial charge in [-0.05, 0) is 36.9 Å². The van der Waals surface area contributed by atoms with E-state index in [2.05, 4.69) is 27.6 Å². The monoisotopic (exact) mass is 351 g/mol. The largest absolute Gasteiger partial charge is 0.497 e. The number of hydrogen-bond donors (Lipinski definition) is 1. The lowest BCUT2D eigenvalue weighted by atomic mass is 10.2. The Balaban J connectivity index is 0.00000192. The molecule has 0 aliphatic heterocycles. The fourth-order valence-corrected chi connectivity index (χ4v) is 3.29. The molecule has 0 saturated carbocycles. The molecule has 122 valence electrons. The van der Waals surface area contributed by atoms with Crippen molar-refractivity contribution < 1.29 is 9.47 Å². The number of nitrogens with zero attached hydrogens (tertiary/aromatic N) is 2. The van der Waals surface area contributed by atoms with Gasteiger partial charge in [-0.25, -0.2) is 9.97 Å². The van der Waals surface area contributed by atoms with Crippen LogP contribution < -0.4 is 14.8 Å². The van der Waals surface area contributed by atoms with Crippen molar-refractivity contribution in [1.29, 1.82) is 0 Å². The average molecular weight is 352 g/mol. The predicted molar refractivity (Wildman–Crippen MR) is 97.0 cm³/mol. The number of nitrogens with one attached hydrogen (secondary N) is 1. The number of benzene rings is 1. The minimum atomic E-state index is 0. The second kappa shape index (κ2) is 7.02. The third kappa shape index (κ3) is 3.33. The molecule has 0 saturated heterocycles. The Bertz CT molecular complexity index is 836. The quantitative estimate of drug-likeness (QED) is 0.750. The molecule has 1 N–H and O–H groups in total. The van der Waals surface area contributed by atoms with Crippen LogP contribution in [0.1, 0.15) is 11.4 Å². The summed E-state index contributed by atoms with van der Waals surface area (Å²) >= 11 is 1.62. The molecule has 7 heteroatoms. The number of aryl methyl sites for hydroxylation is 2. The second-order valence-electron chi connectivity index (χ2n) is 4.91. The zero-order chi connectivity index (χ0) is 15.7. The summed E-state index contributed by atoms with van der Waals surface area (Å²) in [6.07, 6.45) is 0. The normalized spacial score (nSPS) is 10.3. The third-order valence-electron chi connectivity index (χ3n) is 3.39. The summed E-state index contributed by atoms with van der Waals surface area (Å²) < 4.78 is 10.7. The van der Waals surface area contributed by atoms with Crippen molar-refractivity contribution in [3.63, 3.8) is 0 Å². The number of methoxy groups -OCH3 is 2. The molecule has 3 rings (SSSR count). The first-order chi connectivity index (χ1) is 10.6. The topological polar surface area (TPSA) is 56.3 Å². The first kappa shape index (κ1) is 17.3. The molecule has 23 heavy (non-hydrogen) atoms. The van der Waals surface area contributed by atoms with Crippen LogP contribution in [0, 0.1) is 13.8 Å². The van der Waals surface area contributed by atoms with Gasteiger partial charge in [-0.1, -0.05) is 0 Å². The average Bonchev–Trinajstić information content (AvgIpc) is 2.88. The van der Waals surface area contributed by atoms with E-state index in [0.717, 1.165) is 44.6 Å².